The maximum atomic E-state index is 11.9. The maximum Gasteiger partial charge on any atom is 0.335 e. The van der Waals surface area contributed by atoms with Gasteiger partial charge in [0, 0.05) is 5.57 Å². The fraction of sp³-hybridized carbons (Fsp3) is 0.727. The molecule has 3 saturated carbocycles. The van der Waals surface area contributed by atoms with Crippen molar-refractivity contribution in [3.63, 3.8) is 0 Å². The number of ether oxygens (including phenoxy) is 2. The molecule has 0 bridgehead atoms. The first-order valence-electron chi connectivity index (χ1n) is 20.2. The van der Waals surface area contributed by atoms with Gasteiger partial charge >= 0.3 is 11.9 Å². The molecule has 0 amide bonds. The number of aliphatic hydroxyl groups is 1. The summed E-state index contributed by atoms with van der Waals surface area (Å²) in [5.41, 5.74) is 3.26. The number of aliphatic hydroxyl groups excluding tert-OH is 1. The van der Waals surface area contributed by atoms with Crippen LogP contribution in [0.3, 0.4) is 0 Å². The molecule has 0 radical (unpaired) electrons. The Balaban J connectivity index is 1.20. The van der Waals surface area contributed by atoms with Crippen molar-refractivity contribution in [2.75, 3.05) is 19.8 Å². The van der Waals surface area contributed by atoms with E-state index < -0.39 is 5.97 Å². The highest BCUT2D eigenvalue weighted by molar-refractivity contribution is 5.88. The molecule has 0 saturated heterocycles. The van der Waals surface area contributed by atoms with Crippen LogP contribution in [0.2, 0.25) is 0 Å². The monoisotopic (exact) mass is 677 g/mol. The molecule has 3 fully saturated rings. The van der Waals surface area contributed by atoms with Crippen molar-refractivity contribution in [1.29, 1.82) is 0 Å². The summed E-state index contributed by atoms with van der Waals surface area (Å²) in [6.07, 6.45) is 26.3. The van der Waals surface area contributed by atoms with Gasteiger partial charge in [-0.05, 0) is 149 Å². The van der Waals surface area contributed by atoms with Gasteiger partial charge in [0.05, 0.1) is 25.4 Å². The minimum atomic E-state index is -0.539. The number of carbonyl (C=O) groups excluding carboxylic acids is 2. The van der Waals surface area contributed by atoms with Crippen molar-refractivity contribution in [3.05, 3.63) is 59.7 Å². The maximum absolute atomic E-state index is 11.9. The number of unbranched alkanes of at least 4 members (excludes halogenated alkanes) is 2. The fourth-order valence-corrected chi connectivity index (χ4v) is 9.44. The summed E-state index contributed by atoms with van der Waals surface area (Å²) < 4.78 is 10.6. The van der Waals surface area contributed by atoms with Crippen LogP contribution >= 0.6 is 0 Å². The third-order valence-corrected chi connectivity index (χ3v) is 12.6. The molecule has 3 aliphatic carbocycles. The first-order valence-corrected chi connectivity index (χ1v) is 20.2. The zero-order chi connectivity index (χ0) is 35.0. The zero-order valence-corrected chi connectivity index (χ0v) is 31.1. The largest absolute Gasteiger partial charge is 0.462 e. The smallest absolute Gasteiger partial charge is 0.335 e. The molecule has 0 aromatic heterocycles. The summed E-state index contributed by atoms with van der Waals surface area (Å²) in [6, 6.07) is 9.30. The number of rotatable bonds is 19. The minimum absolute atomic E-state index is 0.0773. The topological polar surface area (TPSA) is 72.8 Å². The van der Waals surface area contributed by atoms with Crippen LogP contribution < -0.4 is 0 Å². The van der Waals surface area contributed by atoms with Gasteiger partial charge in [0.25, 0.3) is 0 Å². The molecule has 0 aliphatic heterocycles. The van der Waals surface area contributed by atoms with Crippen LogP contribution in [-0.2, 0) is 19.1 Å². The Hall–Kier alpha value is -2.40. The van der Waals surface area contributed by atoms with Gasteiger partial charge in [-0.25, -0.2) is 9.59 Å². The van der Waals surface area contributed by atoms with Gasteiger partial charge in [0.15, 0.2) is 0 Å². The van der Waals surface area contributed by atoms with E-state index in [4.69, 9.17) is 14.6 Å². The second-order valence-corrected chi connectivity index (χ2v) is 16.0. The molecule has 1 N–H and O–H groups in total. The van der Waals surface area contributed by atoms with Crippen molar-refractivity contribution in [2.45, 2.75) is 154 Å². The third kappa shape index (κ3) is 12.7. The lowest BCUT2D eigenvalue weighted by Gasteiger charge is -2.41. The van der Waals surface area contributed by atoms with Crippen LogP contribution in [0, 0.1) is 29.6 Å². The molecule has 5 nitrogen and oxygen atoms in total. The summed E-state index contributed by atoms with van der Waals surface area (Å²) in [5, 5.41) is 9.12. The van der Waals surface area contributed by atoms with Crippen LogP contribution in [0.1, 0.15) is 165 Å². The Morgan fingerprint density at radius 1 is 0.714 bits per heavy atom. The number of hydrogen-bond donors (Lipinski definition) is 1. The number of benzene rings is 1. The second-order valence-electron chi connectivity index (χ2n) is 16.0. The van der Waals surface area contributed by atoms with E-state index in [2.05, 4.69) is 44.3 Å². The van der Waals surface area contributed by atoms with Crippen molar-refractivity contribution in [1.82, 2.24) is 0 Å². The van der Waals surface area contributed by atoms with Gasteiger partial charge in [-0.1, -0.05) is 82.9 Å². The second kappa shape index (κ2) is 21.1. The summed E-state index contributed by atoms with van der Waals surface area (Å²) >= 11 is 0. The van der Waals surface area contributed by atoms with Crippen LogP contribution in [0.15, 0.2) is 48.6 Å². The van der Waals surface area contributed by atoms with Crippen molar-refractivity contribution in [2.24, 2.45) is 29.6 Å². The van der Waals surface area contributed by atoms with Crippen LogP contribution in [-0.4, -0.2) is 36.9 Å². The van der Waals surface area contributed by atoms with Crippen LogP contribution in [0.25, 0.3) is 0 Å². The highest BCUT2D eigenvalue weighted by Crippen LogP contribution is 2.47. The molecule has 49 heavy (non-hydrogen) atoms. The van der Waals surface area contributed by atoms with E-state index in [-0.39, 0.29) is 24.1 Å². The molecule has 3 aliphatic rings. The van der Waals surface area contributed by atoms with Crippen LogP contribution in [0.4, 0.5) is 0 Å². The van der Waals surface area contributed by atoms with Gasteiger partial charge in [-0.15, -0.1) is 0 Å². The standard InChI is InChI=1S/C44H68O5/c1-5-6-7-10-34-13-15-36(16-14-34)38-21-23-40(24-22-38)42-27-25-41(26-28-42)39-19-17-37(18-20-39)35(11-8-29-48-43(46)32(2)3)12-9-30-49-44(47)33(4)31-45/h17-20,34-36,38,40-42,45H,2,4-16,21-31H2,1,3H3. The highest BCUT2D eigenvalue weighted by Gasteiger charge is 2.35. The summed E-state index contributed by atoms with van der Waals surface area (Å²) in [6.45, 7) is 11.5. The Labute approximate surface area is 298 Å². The first kappa shape index (κ1) is 39.4. The summed E-state index contributed by atoms with van der Waals surface area (Å²) in [7, 11) is 0. The van der Waals surface area contributed by atoms with E-state index in [0.717, 1.165) is 48.9 Å². The normalized spacial score (nSPS) is 26.4. The van der Waals surface area contributed by atoms with E-state index in [1.54, 1.807) is 6.92 Å². The van der Waals surface area contributed by atoms with Gasteiger partial charge < -0.3 is 14.6 Å². The number of carbonyl (C=O) groups is 2. The Bertz CT molecular complexity index is 1150. The molecule has 1 aromatic carbocycles. The average Bonchev–Trinajstić information content (AvgIpc) is 3.14. The van der Waals surface area contributed by atoms with E-state index in [1.807, 2.05) is 0 Å². The summed E-state index contributed by atoms with van der Waals surface area (Å²) in [4.78, 5) is 23.7. The molecule has 0 spiro atoms. The fourth-order valence-electron chi connectivity index (χ4n) is 9.44. The van der Waals surface area contributed by atoms with E-state index in [9.17, 15) is 9.59 Å². The van der Waals surface area contributed by atoms with Gasteiger partial charge in [-0.2, -0.15) is 0 Å². The third-order valence-electron chi connectivity index (χ3n) is 12.6. The Morgan fingerprint density at radius 2 is 1.20 bits per heavy atom. The van der Waals surface area contributed by atoms with E-state index in [1.165, 1.54) is 114 Å². The predicted octanol–water partition coefficient (Wildman–Crippen LogP) is 11.0. The first-order chi connectivity index (χ1) is 23.8. The van der Waals surface area contributed by atoms with Crippen molar-refractivity contribution in [3.8, 4) is 0 Å². The lowest BCUT2D eigenvalue weighted by atomic mass is 9.64. The predicted molar refractivity (Wildman–Crippen MR) is 200 cm³/mol. The molecule has 1 unspecified atom stereocenters. The molecule has 5 heteroatoms. The van der Waals surface area contributed by atoms with Crippen molar-refractivity contribution < 1.29 is 24.2 Å². The quantitative estimate of drug-likeness (QED) is 0.0897. The number of hydrogen-bond acceptors (Lipinski definition) is 5. The molecule has 274 valence electrons. The molecule has 1 atom stereocenters. The van der Waals surface area contributed by atoms with Gasteiger partial charge in [0.1, 0.15) is 0 Å². The highest BCUT2D eigenvalue weighted by atomic mass is 16.5. The average molecular weight is 677 g/mol. The van der Waals surface area contributed by atoms with Gasteiger partial charge in [-0.3, -0.25) is 0 Å². The number of esters is 2. The summed E-state index contributed by atoms with van der Waals surface area (Å²) in [5.74, 6) is 5.01. The van der Waals surface area contributed by atoms with E-state index in [0.29, 0.717) is 31.1 Å². The molecular formula is C44H68O5. The lowest BCUT2D eigenvalue weighted by Crippen LogP contribution is -2.29. The minimum Gasteiger partial charge on any atom is -0.462 e. The zero-order valence-electron chi connectivity index (χ0n) is 31.1. The SMILES string of the molecule is C=C(C)C(=O)OCCCC(CCCOC(=O)C(=C)CO)c1ccc(C2CCC(C3CCC(C4CCC(CCCCC)CC4)CC3)CC2)cc1. The van der Waals surface area contributed by atoms with Gasteiger partial charge in [0.2, 0.25) is 0 Å². The lowest BCUT2D eigenvalue weighted by molar-refractivity contribution is -0.140. The molecule has 1 aromatic rings. The van der Waals surface area contributed by atoms with E-state index >= 15 is 0 Å². The van der Waals surface area contributed by atoms with Crippen molar-refractivity contribution >= 4 is 11.9 Å². The molecule has 0 heterocycles. The molecular weight excluding hydrogens is 608 g/mol. The van der Waals surface area contributed by atoms with Crippen LogP contribution in [0.5, 0.6) is 0 Å². The Morgan fingerprint density at radius 3 is 1.69 bits per heavy atom. The Kier molecular flexibility index (Phi) is 16.9. The molecule has 4 rings (SSSR count).